The van der Waals surface area contributed by atoms with Gasteiger partial charge in [0.25, 0.3) is 5.56 Å². The van der Waals surface area contributed by atoms with Crippen LogP contribution in [0.5, 0.6) is 5.75 Å². The van der Waals surface area contributed by atoms with E-state index < -0.39 is 0 Å². The summed E-state index contributed by atoms with van der Waals surface area (Å²) in [6, 6.07) is 2.16. The van der Waals surface area contributed by atoms with Crippen LogP contribution in [0.15, 0.2) is 23.3 Å². The first-order chi connectivity index (χ1) is 12.7. The quantitative estimate of drug-likeness (QED) is 0.761. The number of ether oxygens (including phenoxy) is 1. The number of rotatable bonds is 5. The summed E-state index contributed by atoms with van der Waals surface area (Å²) in [4.78, 5) is 25.9. The molecule has 1 fully saturated rings. The predicted octanol–water partition coefficient (Wildman–Crippen LogP) is 3.21. The van der Waals surface area contributed by atoms with E-state index in [1.165, 1.54) is 12.8 Å². The number of hydrogen-bond acceptors (Lipinski definition) is 5. The van der Waals surface area contributed by atoms with Crippen molar-refractivity contribution >= 4 is 0 Å². The summed E-state index contributed by atoms with van der Waals surface area (Å²) in [6.45, 7) is 4.46. The first-order valence-electron chi connectivity index (χ1n) is 9.31. The molecule has 0 spiro atoms. The van der Waals surface area contributed by atoms with Crippen molar-refractivity contribution in [1.29, 1.82) is 0 Å². The summed E-state index contributed by atoms with van der Waals surface area (Å²) in [5.41, 5.74) is 1.96. The van der Waals surface area contributed by atoms with Crippen LogP contribution >= 0.6 is 0 Å². The Hall–Kier alpha value is -2.70. The maximum absolute atomic E-state index is 12.8. The van der Waals surface area contributed by atoms with Gasteiger partial charge < -0.3 is 4.74 Å². The fourth-order valence-electron chi connectivity index (χ4n) is 3.76. The van der Waals surface area contributed by atoms with Crippen LogP contribution in [-0.2, 0) is 6.42 Å². The normalized spacial score (nSPS) is 15.0. The predicted molar refractivity (Wildman–Crippen MR) is 98.5 cm³/mol. The number of H-pyrrole nitrogens is 1. The van der Waals surface area contributed by atoms with Crippen molar-refractivity contribution in [3.05, 3.63) is 34.5 Å². The molecule has 1 aliphatic carbocycles. The number of pyridine rings is 1. The van der Waals surface area contributed by atoms with E-state index in [-0.39, 0.29) is 5.56 Å². The Morgan fingerprint density at radius 2 is 2.08 bits per heavy atom. The van der Waals surface area contributed by atoms with Gasteiger partial charge in [0.15, 0.2) is 11.6 Å². The van der Waals surface area contributed by atoms with E-state index in [0.717, 1.165) is 25.0 Å². The maximum Gasteiger partial charge on any atom is 0.284 e. The van der Waals surface area contributed by atoms with Crippen LogP contribution in [0.1, 0.15) is 51.3 Å². The molecule has 1 aromatic heterocycles. The van der Waals surface area contributed by atoms with Crippen LogP contribution in [0.25, 0.3) is 22.8 Å². The van der Waals surface area contributed by atoms with E-state index in [1.54, 1.807) is 18.5 Å². The lowest BCUT2D eigenvalue weighted by molar-refractivity contribution is 0.340. The van der Waals surface area contributed by atoms with Gasteiger partial charge >= 0.3 is 0 Å². The topological polar surface area (TPSA) is 85.7 Å². The number of aromatic nitrogens is 5. The maximum atomic E-state index is 12.8. The molecule has 0 bridgehead atoms. The molecule has 0 saturated heterocycles. The van der Waals surface area contributed by atoms with Gasteiger partial charge in [0.05, 0.1) is 24.4 Å². The lowest BCUT2D eigenvalue weighted by Crippen LogP contribution is -2.17. The Labute approximate surface area is 151 Å². The van der Waals surface area contributed by atoms with Crippen molar-refractivity contribution in [1.82, 2.24) is 24.7 Å². The highest BCUT2D eigenvalue weighted by Crippen LogP contribution is 2.35. The molecule has 0 unspecified atom stereocenters. The Bertz CT molecular complexity index is 939. The van der Waals surface area contributed by atoms with E-state index in [1.807, 2.05) is 13.8 Å². The van der Waals surface area contributed by atoms with Gasteiger partial charge in [-0.05, 0) is 32.3 Å². The summed E-state index contributed by atoms with van der Waals surface area (Å²) in [5.74, 6) is 1.68. The lowest BCUT2D eigenvalue weighted by atomic mass is 10.1. The molecule has 1 aromatic rings. The average molecular weight is 353 g/mol. The number of nitrogens with zero attached hydrogens (tertiary/aromatic N) is 4. The molecule has 26 heavy (non-hydrogen) atoms. The zero-order valence-electron chi connectivity index (χ0n) is 15.2. The van der Waals surface area contributed by atoms with Crippen LogP contribution in [0.2, 0.25) is 0 Å². The van der Waals surface area contributed by atoms with E-state index in [4.69, 9.17) is 9.72 Å². The molecule has 0 atom stereocenters. The zero-order chi connectivity index (χ0) is 18.1. The zero-order valence-corrected chi connectivity index (χ0v) is 15.2. The van der Waals surface area contributed by atoms with E-state index in [9.17, 15) is 4.79 Å². The summed E-state index contributed by atoms with van der Waals surface area (Å²) in [6.07, 6.45) is 8.67. The molecule has 7 heteroatoms. The van der Waals surface area contributed by atoms with Gasteiger partial charge in [-0.3, -0.25) is 19.6 Å². The van der Waals surface area contributed by atoms with Crippen LogP contribution in [0.4, 0.5) is 0 Å². The largest absolute Gasteiger partial charge is 0.491 e. The molecular weight excluding hydrogens is 330 g/mol. The molecule has 3 heterocycles. The second kappa shape index (κ2) is 6.90. The highest BCUT2D eigenvalue weighted by atomic mass is 16.5. The molecule has 1 N–H and O–H groups in total. The average Bonchev–Trinajstić information content (AvgIpc) is 3.30. The fourth-order valence-corrected chi connectivity index (χ4v) is 3.76. The SMILES string of the molecule is CCOc1cnccc1-c1nc2n(C3CCCC3)[nH]c(CC)c-2c(=O)n1. The first kappa shape index (κ1) is 16.8. The molecule has 3 aliphatic rings. The number of aromatic amines is 1. The van der Waals surface area contributed by atoms with Crippen molar-refractivity contribution in [3.63, 3.8) is 0 Å². The molecule has 0 amide bonds. The van der Waals surface area contributed by atoms with Gasteiger partial charge in [0, 0.05) is 11.9 Å². The summed E-state index contributed by atoms with van der Waals surface area (Å²) < 4.78 is 7.72. The molecular formula is C19H23N5O2. The Morgan fingerprint density at radius 1 is 1.27 bits per heavy atom. The van der Waals surface area contributed by atoms with Gasteiger partial charge in [0.2, 0.25) is 0 Å². The summed E-state index contributed by atoms with van der Waals surface area (Å²) in [5, 5.41) is 3.41. The molecule has 7 nitrogen and oxygen atoms in total. The monoisotopic (exact) mass is 353 g/mol. The molecule has 2 aliphatic heterocycles. The van der Waals surface area contributed by atoms with Crippen molar-refractivity contribution < 1.29 is 4.74 Å². The molecule has 4 rings (SSSR count). The molecule has 1 saturated carbocycles. The Morgan fingerprint density at radius 3 is 2.81 bits per heavy atom. The summed E-state index contributed by atoms with van der Waals surface area (Å²) in [7, 11) is 0. The van der Waals surface area contributed by atoms with E-state index in [2.05, 4.69) is 19.7 Å². The van der Waals surface area contributed by atoms with E-state index in [0.29, 0.717) is 41.2 Å². The van der Waals surface area contributed by atoms with Gasteiger partial charge in [0.1, 0.15) is 11.3 Å². The Balaban J connectivity index is 1.91. The van der Waals surface area contributed by atoms with Crippen LogP contribution in [0, 0.1) is 0 Å². The third-order valence-electron chi connectivity index (χ3n) is 5.01. The van der Waals surface area contributed by atoms with Gasteiger partial charge in [-0.15, -0.1) is 0 Å². The molecule has 0 radical (unpaired) electrons. The molecule has 0 aromatic carbocycles. The number of fused-ring (bicyclic) bond motifs is 1. The number of nitrogens with one attached hydrogen (secondary N) is 1. The van der Waals surface area contributed by atoms with Gasteiger partial charge in [-0.2, -0.15) is 4.98 Å². The van der Waals surface area contributed by atoms with E-state index >= 15 is 0 Å². The van der Waals surface area contributed by atoms with Crippen molar-refractivity contribution in [2.45, 2.75) is 52.0 Å². The number of hydrogen-bond donors (Lipinski definition) is 1. The summed E-state index contributed by atoms with van der Waals surface area (Å²) >= 11 is 0. The minimum absolute atomic E-state index is 0.242. The van der Waals surface area contributed by atoms with Crippen molar-refractivity contribution in [2.24, 2.45) is 0 Å². The van der Waals surface area contributed by atoms with Crippen molar-refractivity contribution in [2.75, 3.05) is 6.61 Å². The van der Waals surface area contributed by atoms with Crippen LogP contribution < -0.4 is 10.3 Å². The van der Waals surface area contributed by atoms with Gasteiger partial charge in [-0.1, -0.05) is 19.8 Å². The number of aryl methyl sites for hydroxylation is 1. The standard InChI is InChI=1S/C19H23N5O2/c1-3-14-16-18(24(23-14)12-7-5-6-8-12)21-17(22-19(16)25)13-9-10-20-11-15(13)26-4-2/h9-12,23H,3-8H2,1-2H3. The molecule has 136 valence electrons. The van der Waals surface area contributed by atoms with Crippen LogP contribution in [0.3, 0.4) is 0 Å². The third kappa shape index (κ3) is 2.77. The van der Waals surface area contributed by atoms with Gasteiger partial charge in [-0.25, -0.2) is 4.98 Å². The smallest absolute Gasteiger partial charge is 0.284 e. The first-order valence-corrected chi connectivity index (χ1v) is 9.31. The minimum Gasteiger partial charge on any atom is -0.491 e. The third-order valence-corrected chi connectivity index (χ3v) is 5.01. The highest BCUT2D eigenvalue weighted by molar-refractivity contribution is 5.68. The Kier molecular flexibility index (Phi) is 4.44. The second-order valence-corrected chi connectivity index (χ2v) is 6.61. The lowest BCUT2D eigenvalue weighted by Gasteiger charge is -2.14. The second-order valence-electron chi connectivity index (χ2n) is 6.61. The fraction of sp³-hybridized carbons (Fsp3) is 0.474. The van der Waals surface area contributed by atoms with Crippen LogP contribution in [-0.4, -0.2) is 31.3 Å². The van der Waals surface area contributed by atoms with Crippen molar-refractivity contribution in [3.8, 4) is 28.5 Å². The highest BCUT2D eigenvalue weighted by Gasteiger charge is 2.28. The minimum atomic E-state index is -0.242.